The Morgan fingerprint density at radius 3 is 2.86 bits per heavy atom. The van der Waals surface area contributed by atoms with Crippen LogP contribution in [0.25, 0.3) is 10.1 Å². The maximum atomic E-state index is 12.6. The van der Waals surface area contributed by atoms with E-state index in [2.05, 4.69) is 0 Å². The van der Waals surface area contributed by atoms with Crippen molar-refractivity contribution in [1.29, 1.82) is 0 Å². The standard InChI is InChI=1S/C16H17NO3S/c1-3-20-15(19)16(2)7-8-17(16)14(18)12-4-5-13-11(10-12)6-9-21-13/h4-6,9-10H,3,7-8H2,1-2H3. The van der Waals surface area contributed by atoms with Crippen LogP contribution in [0.15, 0.2) is 29.6 Å². The third-order valence-corrected chi connectivity index (χ3v) is 4.98. The van der Waals surface area contributed by atoms with Gasteiger partial charge in [0.15, 0.2) is 0 Å². The summed E-state index contributed by atoms with van der Waals surface area (Å²) in [6, 6.07) is 7.66. The molecule has 0 saturated carbocycles. The van der Waals surface area contributed by atoms with Crippen molar-refractivity contribution in [3.63, 3.8) is 0 Å². The number of thiophene rings is 1. The Balaban J connectivity index is 1.86. The molecule has 21 heavy (non-hydrogen) atoms. The third kappa shape index (κ3) is 2.21. The van der Waals surface area contributed by atoms with Crippen molar-refractivity contribution in [3.8, 4) is 0 Å². The zero-order valence-corrected chi connectivity index (χ0v) is 12.9. The predicted octanol–water partition coefficient (Wildman–Crippen LogP) is 3.07. The number of carbonyl (C=O) groups excluding carboxylic acids is 2. The van der Waals surface area contributed by atoms with Crippen LogP contribution in [-0.2, 0) is 9.53 Å². The van der Waals surface area contributed by atoms with Crippen LogP contribution in [0.2, 0.25) is 0 Å². The molecule has 0 aliphatic carbocycles. The van der Waals surface area contributed by atoms with Crippen LogP contribution in [0.1, 0.15) is 30.6 Å². The van der Waals surface area contributed by atoms with Gasteiger partial charge in [-0.15, -0.1) is 11.3 Å². The van der Waals surface area contributed by atoms with E-state index in [1.54, 1.807) is 30.1 Å². The van der Waals surface area contributed by atoms with Gasteiger partial charge in [-0.1, -0.05) is 0 Å². The quantitative estimate of drug-likeness (QED) is 0.819. The Labute approximate surface area is 127 Å². The molecule has 3 rings (SSSR count). The van der Waals surface area contributed by atoms with Gasteiger partial charge in [0, 0.05) is 16.8 Å². The number of esters is 1. The summed E-state index contributed by atoms with van der Waals surface area (Å²) in [7, 11) is 0. The lowest BCUT2D eigenvalue weighted by Gasteiger charge is -2.48. The SMILES string of the molecule is CCOC(=O)C1(C)CCN1C(=O)c1ccc2sccc2c1. The summed E-state index contributed by atoms with van der Waals surface area (Å²) in [5, 5.41) is 3.06. The van der Waals surface area contributed by atoms with E-state index in [0.717, 1.165) is 10.1 Å². The molecule has 0 radical (unpaired) electrons. The van der Waals surface area contributed by atoms with Crippen LogP contribution in [0.3, 0.4) is 0 Å². The van der Waals surface area contributed by atoms with E-state index in [1.807, 2.05) is 29.6 Å². The van der Waals surface area contributed by atoms with E-state index < -0.39 is 5.54 Å². The average molecular weight is 303 g/mol. The Kier molecular flexibility index (Phi) is 3.45. The fourth-order valence-electron chi connectivity index (χ4n) is 2.64. The first-order valence-electron chi connectivity index (χ1n) is 7.03. The summed E-state index contributed by atoms with van der Waals surface area (Å²) in [6.45, 7) is 4.47. The minimum Gasteiger partial charge on any atom is -0.464 e. The van der Waals surface area contributed by atoms with Gasteiger partial charge in [0.1, 0.15) is 5.54 Å². The second kappa shape index (κ2) is 5.15. The van der Waals surface area contributed by atoms with Crippen LogP contribution in [0.4, 0.5) is 0 Å². The van der Waals surface area contributed by atoms with E-state index in [0.29, 0.717) is 25.1 Å². The first-order valence-corrected chi connectivity index (χ1v) is 7.90. The van der Waals surface area contributed by atoms with Gasteiger partial charge < -0.3 is 9.64 Å². The number of hydrogen-bond donors (Lipinski definition) is 0. The molecule has 1 amide bonds. The predicted molar refractivity (Wildman–Crippen MR) is 82.5 cm³/mol. The van der Waals surface area contributed by atoms with Crippen molar-refractivity contribution < 1.29 is 14.3 Å². The monoisotopic (exact) mass is 303 g/mol. The average Bonchev–Trinajstić information content (AvgIpc) is 2.92. The molecule has 5 heteroatoms. The van der Waals surface area contributed by atoms with Gasteiger partial charge >= 0.3 is 5.97 Å². The van der Waals surface area contributed by atoms with Gasteiger partial charge in [0.2, 0.25) is 0 Å². The van der Waals surface area contributed by atoms with Crippen LogP contribution >= 0.6 is 11.3 Å². The molecule has 1 unspecified atom stereocenters. The number of carbonyl (C=O) groups is 2. The second-order valence-electron chi connectivity index (χ2n) is 5.37. The van der Waals surface area contributed by atoms with Crippen LogP contribution in [0, 0.1) is 0 Å². The Morgan fingerprint density at radius 1 is 1.38 bits per heavy atom. The summed E-state index contributed by atoms with van der Waals surface area (Å²) < 4.78 is 6.25. The van der Waals surface area contributed by atoms with Gasteiger partial charge in [0.05, 0.1) is 6.61 Å². The number of amides is 1. The van der Waals surface area contributed by atoms with Crippen molar-refractivity contribution >= 4 is 33.3 Å². The summed E-state index contributed by atoms with van der Waals surface area (Å²) >= 11 is 1.65. The molecular weight excluding hydrogens is 286 g/mol. The zero-order chi connectivity index (χ0) is 15.0. The maximum Gasteiger partial charge on any atom is 0.331 e. The molecular formula is C16H17NO3S. The van der Waals surface area contributed by atoms with Crippen molar-refractivity contribution in [1.82, 2.24) is 4.90 Å². The van der Waals surface area contributed by atoms with Crippen LogP contribution in [0.5, 0.6) is 0 Å². The van der Waals surface area contributed by atoms with E-state index in [9.17, 15) is 9.59 Å². The molecule has 4 nitrogen and oxygen atoms in total. The second-order valence-corrected chi connectivity index (χ2v) is 6.32. The lowest BCUT2D eigenvalue weighted by molar-refractivity contribution is -0.162. The maximum absolute atomic E-state index is 12.6. The molecule has 110 valence electrons. The van der Waals surface area contributed by atoms with E-state index in [4.69, 9.17) is 4.74 Å². The minimum atomic E-state index is -0.823. The molecule has 1 fully saturated rings. The Hall–Kier alpha value is -1.88. The van der Waals surface area contributed by atoms with Crippen molar-refractivity contribution in [2.45, 2.75) is 25.8 Å². The largest absolute Gasteiger partial charge is 0.464 e. The lowest BCUT2D eigenvalue weighted by atomic mass is 9.85. The van der Waals surface area contributed by atoms with Crippen molar-refractivity contribution in [2.24, 2.45) is 0 Å². The zero-order valence-electron chi connectivity index (χ0n) is 12.1. The molecule has 2 heterocycles. The van der Waals surface area contributed by atoms with E-state index >= 15 is 0 Å². The molecule has 1 atom stereocenters. The third-order valence-electron chi connectivity index (χ3n) is 4.08. The number of rotatable bonds is 3. The van der Waals surface area contributed by atoms with Crippen molar-refractivity contribution in [2.75, 3.05) is 13.2 Å². The Morgan fingerprint density at radius 2 is 2.19 bits per heavy atom. The van der Waals surface area contributed by atoms with Crippen LogP contribution in [-0.4, -0.2) is 35.5 Å². The Bertz CT molecular complexity index is 708. The molecule has 1 aromatic carbocycles. The summed E-state index contributed by atoms with van der Waals surface area (Å²) in [4.78, 5) is 26.3. The highest BCUT2D eigenvalue weighted by atomic mass is 32.1. The number of fused-ring (bicyclic) bond motifs is 1. The van der Waals surface area contributed by atoms with Gasteiger partial charge in [-0.05, 0) is 55.3 Å². The molecule has 0 bridgehead atoms. The van der Waals surface area contributed by atoms with E-state index in [1.165, 1.54) is 0 Å². The molecule has 0 N–H and O–H groups in total. The minimum absolute atomic E-state index is 0.107. The summed E-state index contributed by atoms with van der Waals surface area (Å²) in [5.74, 6) is -0.425. The summed E-state index contributed by atoms with van der Waals surface area (Å²) in [6.07, 6.45) is 0.651. The van der Waals surface area contributed by atoms with Crippen LogP contribution < -0.4 is 0 Å². The van der Waals surface area contributed by atoms with Gasteiger partial charge in [0.25, 0.3) is 5.91 Å². The van der Waals surface area contributed by atoms with E-state index in [-0.39, 0.29) is 11.9 Å². The first-order chi connectivity index (χ1) is 10.1. The number of likely N-dealkylation sites (tertiary alicyclic amines) is 1. The highest BCUT2D eigenvalue weighted by Gasteiger charge is 2.50. The number of ether oxygens (including phenoxy) is 1. The summed E-state index contributed by atoms with van der Waals surface area (Å²) in [5.41, 5.74) is -0.201. The molecule has 1 aliphatic heterocycles. The number of nitrogens with zero attached hydrogens (tertiary/aromatic N) is 1. The van der Waals surface area contributed by atoms with Crippen molar-refractivity contribution in [3.05, 3.63) is 35.2 Å². The molecule has 2 aromatic rings. The number of benzene rings is 1. The highest BCUT2D eigenvalue weighted by Crippen LogP contribution is 2.34. The smallest absolute Gasteiger partial charge is 0.331 e. The number of hydrogen-bond acceptors (Lipinski definition) is 4. The molecule has 1 aliphatic rings. The first kappa shape index (κ1) is 14.1. The van der Waals surface area contributed by atoms with Gasteiger partial charge in [-0.3, -0.25) is 4.79 Å². The molecule has 1 saturated heterocycles. The van der Waals surface area contributed by atoms with Gasteiger partial charge in [-0.2, -0.15) is 0 Å². The fourth-order valence-corrected chi connectivity index (χ4v) is 3.41. The normalized spacial score (nSPS) is 21.1. The topological polar surface area (TPSA) is 46.6 Å². The highest BCUT2D eigenvalue weighted by molar-refractivity contribution is 7.17. The lowest BCUT2D eigenvalue weighted by Crippen LogP contribution is -2.65. The fraction of sp³-hybridized carbons (Fsp3) is 0.375. The molecule has 1 aromatic heterocycles. The van der Waals surface area contributed by atoms with Gasteiger partial charge in [-0.25, -0.2) is 4.79 Å². The molecule has 0 spiro atoms.